The first-order valence-electron chi connectivity index (χ1n) is 14.4. The number of halogens is 1. The Morgan fingerprint density at radius 2 is 1.16 bits per heavy atom. The quantitative estimate of drug-likeness (QED) is 0.300. The van der Waals surface area contributed by atoms with Gasteiger partial charge in [0.05, 0.1) is 48.7 Å². The molecule has 3 aromatic carbocycles. The van der Waals surface area contributed by atoms with E-state index in [-0.39, 0.29) is 24.5 Å². The van der Waals surface area contributed by atoms with Crippen molar-refractivity contribution < 1.29 is 28.4 Å². The van der Waals surface area contributed by atoms with E-state index in [0.29, 0.717) is 23.0 Å². The molecule has 0 N–H and O–H groups in total. The molecular formula is C34H45ClN2O6. The maximum absolute atomic E-state index is 6.06. The maximum atomic E-state index is 6.06. The van der Waals surface area contributed by atoms with Crippen molar-refractivity contribution in [2.75, 3.05) is 69.8 Å². The number of hydrogen-bond acceptors (Lipinski definition) is 8. The van der Waals surface area contributed by atoms with Crippen molar-refractivity contribution in [1.82, 2.24) is 9.80 Å². The number of methoxy groups -OCH3 is 6. The van der Waals surface area contributed by atoms with Crippen LogP contribution in [0.1, 0.15) is 51.0 Å². The highest BCUT2D eigenvalue weighted by Crippen LogP contribution is 2.51. The van der Waals surface area contributed by atoms with Gasteiger partial charge >= 0.3 is 0 Å². The van der Waals surface area contributed by atoms with Crippen LogP contribution in [0.3, 0.4) is 0 Å². The number of rotatable bonds is 9. The van der Waals surface area contributed by atoms with Gasteiger partial charge in [0, 0.05) is 30.3 Å². The second-order valence-corrected chi connectivity index (χ2v) is 11.2. The zero-order valence-corrected chi connectivity index (χ0v) is 27.6. The minimum atomic E-state index is -0.0147. The summed E-state index contributed by atoms with van der Waals surface area (Å²) in [5, 5.41) is 0. The Hall–Kier alpha value is -3.33. The molecule has 2 heterocycles. The van der Waals surface area contributed by atoms with Gasteiger partial charge in [-0.2, -0.15) is 0 Å². The molecular weight excluding hydrogens is 568 g/mol. The molecule has 0 aromatic heterocycles. The van der Waals surface area contributed by atoms with Crippen LogP contribution in [-0.2, 0) is 19.3 Å². The molecule has 0 radical (unpaired) electrons. The van der Waals surface area contributed by atoms with E-state index in [0.717, 1.165) is 55.0 Å². The van der Waals surface area contributed by atoms with Crippen molar-refractivity contribution in [2.24, 2.45) is 0 Å². The van der Waals surface area contributed by atoms with Crippen LogP contribution in [0.25, 0.3) is 0 Å². The highest BCUT2D eigenvalue weighted by molar-refractivity contribution is 5.85. The third kappa shape index (κ3) is 5.68. The minimum Gasteiger partial charge on any atom is -0.493 e. The molecule has 0 saturated carbocycles. The average Bonchev–Trinajstić information content (AvgIpc) is 3.00. The second-order valence-electron chi connectivity index (χ2n) is 11.2. The van der Waals surface area contributed by atoms with Gasteiger partial charge in [0.2, 0.25) is 11.5 Å². The molecule has 0 bridgehead atoms. The molecule has 0 saturated heterocycles. The molecule has 9 heteroatoms. The van der Waals surface area contributed by atoms with E-state index in [9.17, 15) is 0 Å². The van der Waals surface area contributed by atoms with Gasteiger partial charge in [-0.05, 0) is 74.7 Å². The summed E-state index contributed by atoms with van der Waals surface area (Å²) < 4.78 is 35.1. The Morgan fingerprint density at radius 3 is 1.70 bits per heavy atom. The summed E-state index contributed by atoms with van der Waals surface area (Å²) in [6.07, 6.45) is 2.62. The number of aryl methyl sites for hydroxylation is 1. The monoisotopic (exact) mass is 612 g/mol. The first-order chi connectivity index (χ1) is 20.3. The molecule has 0 fully saturated rings. The Morgan fingerprint density at radius 1 is 0.651 bits per heavy atom. The molecule has 0 aliphatic carbocycles. The summed E-state index contributed by atoms with van der Waals surface area (Å²) >= 11 is 0. The van der Waals surface area contributed by atoms with Crippen molar-refractivity contribution in [3.63, 3.8) is 0 Å². The van der Waals surface area contributed by atoms with Crippen molar-refractivity contribution in [3.8, 4) is 34.5 Å². The lowest BCUT2D eigenvalue weighted by atomic mass is 9.81. The second kappa shape index (κ2) is 13.5. The number of fused-ring (bicyclic) bond motifs is 2. The largest absolute Gasteiger partial charge is 0.493 e. The molecule has 0 amide bonds. The maximum Gasteiger partial charge on any atom is 0.203 e. The molecule has 0 spiro atoms. The van der Waals surface area contributed by atoms with Gasteiger partial charge in [-0.15, -0.1) is 12.4 Å². The van der Waals surface area contributed by atoms with Crippen LogP contribution in [0.2, 0.25) is 0 Å². The molecule has 43 heavy (non-hydrogen) atoms. The molecule has 2 atom stereocenters. The fraction of sp³-hybridized carbons (Fsp3) is 0.471. The van der Waals surface area contributed by atoms with Crippen LogP contribution in [0, 0.1) is 6.92 Å². The average molecular weight is 613 g/mol. The number of ether oxygens (including phenoxy) is 6. The molecule has 2 unspecified atom stereocenters. The smallest absolute Gasteiger partial charge is 0.203 e. The van der Waals surface area contributed by atoms with Gasteiger partial charge < -0.3 is 28.4 Å². The SMILES string of the molecule is COc1cc2c(c(OC)c1OC)C(Cc1ccc(C)cc1C1c3c(cc(OC)c(OC)c3OC)CCN1C)N(C)CC2.Cl. The first kappa shape index (κ1) is 32.6. The summed E-state index contributed by atoms with van der Waals surface area (Å²) in [6.45, 7) is 4.01. The summed E-state index contributed by atoms with van der Waals surface area (Å²) in [7, 11) is 14.5. The summed E-state index contributed by atoms with van der Waals surface area (Å²) in [4.78, 5) is 4.84. The van der Waals surface area contributed by atoms with Crippen LogP contribution in [-0.4, -0.2) is 79.6 Å². The van der Waals surface area contributed by atoms with E-state index in [1.807, 2.05) is 0 Å². The Kier molecular flexibility index (Phi) is 10.3. The van der Waals surface area contributed by atoms with Gasteiger partial charge in [0.15, 0.2) is 23.0 Å². The van der Waals surface area contributed by atoms with E-state index in [1.54, 1.807) is 42.7 Å². The van der Waals surface area contributed by atoms with E-state index >= 15 is 0 Å². The van der Waals surface area contributed by atoms with Crippen LogP contribution in [0.4, 0.5) is 0 Å². The number of hydrogen-bond donors (Lipinski definition) is 0. The fourth-order valence-corrected chi connectivity index (χ4v) is 6.87. The zero-order chi connectivity index (χ0) is 30.1. The summed E-state index contributed by atoms with van der Waals surface area (Å²) in [5.74, 6) is 4.13. The lowest BCUT2D eigenvalue weighted by Gasteiger charge is -2.39. The van der Waals surface area contributed by atoms with Crippen LogP contribution in [0.15, 0.2) is 30.3 Å². The van der Waals surface area contributed by atoms with Crippen molar-refractivity contribution in [3.05, 3.63) is 69.3 Å². The predicted molar refractivity (Wildman–Crippen MR) is 172 cm³/mol. The molecule has 2 aliphatic rings. The lowest BCUT2D eigenvalue weighted by Crippen LogP contribution is -2.36. The zero-order valence-electron chi connectivity index (χ0n) is 26.8. The van der Waals surface area contributed by atoms with E-state index < -0.39 is 0 Å². The third-order valence-corrected chi connectivity index (χ3v) is 8.96. The van der Waals surface area contributed by atoms with E-state index in [1.165, 1.54) is 27.8 Å². The predicted octanol–water partition coefficient (Wildman–Crippen LogP) is 5.82. The topological polar surface area (TPSA) is 61.9 Å². The third-order valence-electron chi connectivity index (χ3n) is 8.96. The number of nitrogens with zero attached hydrogens (tertiary/aromatic N) is 2. The van der Waals surface area contributed by atoms with Crippen LogP contribution < -0.4 is 28.4 Å². The number of benzene rings is 3. The lowest BCUT2D eigenvalue weighted by molar-refractivity contribution is 0.216. The van der Waals surface area contributed by atoms with Gasteiger partial charge in [-0.3, -0.25) is 9.80 Å². The first-order valence-corrected chi connectivity index (χ1v) is 14.4. The minimum absolute atomic E-state index is 0. The summed E-state index contributed by atoms with van der Waals surface area (Å²) in [5.41, 5.74) is 8.52. The molecule has 2 aliphatic heterocycles. The molecule has 5 rings (SSSR count). The van der Waals surface area contributed by atoms with Crippen molar-refractivity contribution in [2.45, 2.75) is 38.3 Å². The van der Waals surface area contributed by atoms with Crippen molar-refractivity contribution in [1.29, 1.82) is 0 Å². The molecule has 234 valence electrons. The van der Waals surface area contributed by atoms with Gasteiger partial charge in [-0.1, -0.05) is 23.8 Å². The van der Waals surface area contributed by atoms with Gasteiger partial charge in [0.1, 0.15) is 0 Å². The Balaban J connectivity index is 0.00000423. The van der Waals surface area contributed by atoms with Gasteiger partial charge in [0.25, 0.3) is 0 Å². The molecule has 3 aromatic rings. The summed E-state index contributed by atoms with van der Waals surface area (Å²) in [6, 6.07) is 11.1. The normalized spacial score (nSPS) is 18.2. The highest BCUT2D eigenvalue weighted by atomic mass is 35.5. The van der Waals surface area contributed by atoms with Gasteiger partial charge in [-0.25, -0.2) is 0 Å². The van der Waals surface area contributed by atoms with Crippen LogP contribution >= 0.6 is 12.4 Å². The van der Waals surface area contributed by atoms with E-state index in [4.69, 9.17) is 28.4 Å². The van der Waals surface area contributed by atoms with Crippen molar-refractivity contribution >= 4 is 12.4 Å². The fourth-order valence-electron chi connectivity index (χ4n) is 6.87. The highest BCUT2D eigenvalue weighted by Gasteiger charge is 2.37. The molecule has 8 nitrogen and oxygen atoms in total. The standard InChI is InChI=1S/C34H44N2O6.ClH/c1-20-10-11-21(17-25-28-22(12-14-35(25)2)18-26(37-4)31(39-6)33(28)41-8)24(16-20)30-29-23(13-15-36(30)3)19-27(38-5)32(40-7)34(29)42-9;/h10-11,16,18-19,25,30H,12-15,17H2,1-9H3;1H. The number of likely N-dealkylation sites (N-methyl/N-ethyl adjacent to an activating group) is 2. The Bertz CT molecular complexity index is 1460. The Labute approximate surface area is 262 Å². The van der Waals surface area contributed by atoms with E-state index in [2.05, 4.69) is 61.2 Å². The van der Waals surface area contributed by atoms with Crippen LogP contribution in [0.5, 0.6) is 34.5 Å².